The number of carbonyl (C=O) groups excluding carboxylic acids is 1. The average molecular weight is 359 g/mol. The molecule has 1 saturated heterocycles. The molecule has 0 aliphatic carbocycles. The van der Waals surface area contributed by atoms with Crippen molar-refractivity contribution in [2.24, 2.45) is 11.8 Å². The fourth-order valence-corrected chi connectivity index (χ4v) is 3.15. The Morgan fingerprint density at radius 1 is 1.42 bits per heavy atom. The van der Waals surface area contributed by atoms with E-state index in [1.165, 1.54) is 13.2 Å². The van der Waals surface area contributed by atoms with E-state index in [9.17, 15) is 9.18 Å². The lowest BCUT2D eigenvalue weighted by atomic mass is 9.84. The van der Waals surface area contributed by atoms with Gasteiger partial charge in [0.15, 0.2) is 0 Å². The second-order valence-electron chi connectivity index (χ2n) is 6.40. The van der Waals surface area contributed by atoms with Crippen LogP contribution in [0.5, 0.6) is 0 Å². The first-order valence-electron chi connectivity index (χ1n) is 8.33. The molecule has 2 N–H and O–H groups in total. The highest BCUT2D eigenvalue weighted by atomic mass is 35.5. The molecule has 24 heavy (non-hydrogen) atoms. The van der Waals surface area contributed by atoms with Gasteiger partial charge in [0.1, 0.15) is 5.82 Å². The molecule has 0 aromatic heterocycles. The predicted molar refractivity (Wildman–Crippen MR) is 95.6 cm³/mol. The van der Waals surface area contributed by atoms with Gasteiger partial charge in [-0.2, -0.15) is 0 Å². The number of amides is 1. The van der Waals surface area contributed by atoms with Gasteiger partial charge in [0, 0.05) is 25.6 Å². The Bertz CT molecular complexity index is 522. The van der Waals surface area contributed by atoms with Crippen molar-refractivity contribution >= 4 is 18.3 Å². The van der Waals surface area contributed by atoms with E-state index in [-0.39, 0.29) is 30.7 Å². The minimum atomic E-state index is -0.276. The van der Waals surface area contributed by atoms with Gasteiger partial charge < -0.3 is 15.4 Å². The second-order valence-corrected chi connectivity index (χ2v) is 6.40. The van der Waals surface area contributed by atoms with Crippen LogP contribution in [0.1, 0.15) is 37.3 Å². The Balaban J connectivity index is 0.00000288. The van der Waals surface area contributed by atoms with E-state index in [0.29, 0.717) is 30.4 Å². The van der Waals surface area contributed by atoms with Crippen LogP contribution in [0.4, 0.5) is 4.39 Å². The van der Waals surface area contributed by atoms with Crippen molar-refractivity contribution in [3.63, 3.8) is 0 Å². The van der Waals surface area contributed by atoms with Gasteiger partial charge in [-0.05, 0) is 55.5 Å². The van der Waals surface area contributed by atoms with Crippen molar-refractivity contribution in [2.75, 3.05) is 20.2 Å². The van der Waals surface area contributed by atoms with E-state index >= 15 is 0 Å². The standard InChI is InChI=1S/C18H27FN2O2.ClH/c1-13(15-5-7-20-8-6-15)9-18(22)21-11-14-3-4-17(19)16(10-14)12-23-2;/h3-4,10,13,15,20H,5-9,11-12H2,1-2H3,(H,21,22);1H. The molecule has 1 aliphatic heterocycles. The van der Waals surface area contributed by atoms with E-state index in [2.05, 4.69) is 17.6 Å². The lowest BCUT2D eigenvalue weighted by Gasteiger charge is -2.27. The molecule has 1 aliphatic rings. The molecule has 1 aromatic carbocycles. The molecule has 136 valence electrons. The number of benzene rings is 1. The van der Waals surface area contributed by atoms with Crippen LogP contribution in [-0.4, -0.2) is 26.1 Å². The Labute approximate surface area is 149 Å². The summed E-state index contributed by atoms with van der Waals surface area (Å²) in [4.78, 5) is 12.1. The van der Waals surface area contributed by atoms with Gasteiger partial charge in [-0.3, -0.25) is 4.79 Å². The molecule has 4 nitrogen and oxygen atoms in total. The lowest BCUT2D eigenvalue weighted by molar-refractivity contribution is -0.122. The first-order chi connectivity index (χ1) is 11.1. The van der Waals surface area contributed by atoms with E-state index < -0.39 is 0 Å². The highest BCUT2D eigenvalue weighted by Gasteiger charge is 2.21. The van der Waals surface area contributed by atoms with Crippen LogP contribution in [0.25, 0.3) is 0 Å². The fraction of sp³-hybridized carbons (Fsp3) is 0.611. The van der Waals surface area contributed by atoms with E-state index in [1.807, 2.05) is 0 Å². The first kappa shape index (κ1) is 20.9. The van der Waals surface area contributed by atoms with Crippen molar-refractivity contribution in [1.82, 2.24) is 10.6 Å². The highest BCUT2D eigenvalue weighted by molar-refractivity contribution is 5.85. The number of halogens is 2. The van der Waals surface area contributed by atoms with Crippen LogP contribution in [0.2, 0.25) is 0 Å². The van der Waals surface area contributed by atoms with Crippen LogP contribution in [0.3, 0.4) is 0 Å². The third-order valence-corrected chi connectivity index (χ3v) is 4.60. The number of hydrogen-bond acceptors (Lipinski definition) is 3. The van der Waals surface area contributed by atoms with Gasteiger partial charge in [0.2, 0.25) is 5.91 Å². The number of nitrogens with one attached hydrogen (secondary N) is 2. The first-order valence-corrected chi connectivity index (χ1v) is 8.33. The van der Waals surface area contributed by atoms with E-state index in [4.69, 9.17) is 4.74 Å². The molecular formula is C18H28ClFN2O2. The van der Waals surface area contributed by atoms with Gasteiger partial charge >= 0.3 is 0 Å². The monoisotopic (exact) mass is 358 g/mol. The maximum Gasteiger partial charge on any atom is 0.220 e. The smallest absolute Gasteiger partial charge is 0.220 e. The minimum absolute atomic E-state index is 0. The molecule has 1 fully saturated rings. The fourth-order valence-electron chi connectivity index (χ4n) is 3.15. The van der Waals surface area contributed by atoms with Crippen LogP contribution in [0, 0.1) is 17.7 Å². The normalized spacial score (nSPS) is 16.3. The molecule has 0 saturated carbocycles. The topological polar surface area (TPSA) is 50.4 Å². The minimum Gasteiger partial charge on any atom is -0.380 e. The van der Waals surface area contributed by atoms with Crippen molar-refractivity contribution in [2.45, 2.75) is 39.3 Å². The average Bonchev–Trinajstić information content (AvgIpc) is 2.56. The summed E-state index contributed by atoms with van der Waals surface area (Å²) in [5.41, 5.74) is 1.41. The molecule has 1 unspecified atom stereocenters. The van der Waals surface area contributed by atoms with Crippen molar-refractivity contribution in [1.29, 1.82) is 0 Å². The molecular weight excluding hydrogens is 331 g/mol. The number of hydrogen-bond donors (Lipinski definition) is 2. The van der Waals surface area contributed by atoms with E-state index in [0.717, 1.165) is 31.5 Å². The molecule has 6 heteroatoms. The summed E-state index contributed by atoms with van der Waals surface area (Å²) in [5.74, 6) is 0.811. The largest absolute Gasteiger partial charge is 0.380 e. The molecule has 0 radical (unpaired) electrons. The summed E-state index contributed by atoms with van der Waals surface area (Å²) >= 11 is 0. The molecule has 0 spiro atoms. The van der Waals surface area contributed by atoms with Gasteiger partial charge in [0.05, 0.1) is 6.61 Å². The molecule has 1 aromatic rings. The Morgan fingerprint density at radius 3 is 2.79 bits per heavy atom. The Kier molecular flexibility index (Phi) is 9.26. The van der Waals surface area contributed by atoms with Gasteiger partial charge in [-0.1, -0.05) is 13.0 Å². The van der Waals surface area contributed by atoms with Crippen LogP contribution >= 0.6 is 12.4 Å². The van der Waals surface area contributed by atoms with Crippen LogP contribution < -0.4 is 10.6 Å². The number of rotatable bonds is 7. The summed E-state index contributed by atoms with van der Waals surface area (Å²) in [6.45, 7) is 4.92. The zero-order chi connectivity index (χ0) is 16.7. The molecule has 2 rings (SSSR count). The maximum absolute atomic E-state index is 13.6. The lowest BCUT2D eigenvalue weighted by Crippen LogP contribution is -2.33. The van der Waals surface area contributed by atoms with Gasteiger partial charge in [-0.25, -0.2) is 4.39 Å². The molecule has 1 amide bonds. The Hall–Kier alpha value is -1.17. The number of carbonyl (C=O) groups is 1. The van der Waals surface area contributed by atoms with Crippen molar-refractivity contribution < 1.29 is 13.9 Å². The summed E-state index contributed by atoms with van der Waals surface area (Å²) in [5, 5.41) is 6.29. The highest BCUT2D eigenvalue weighted by Crippen LogP contribution is 2.24. The number of methoxy groups -OCH3 is 1. The van der Waals surface area contributed by atoms with Gasteiger partial charge in [-0.15, -0.1) is 12.4 Å². The zero-order valence-electron chi connectivity index (χ0n) is 14.4. The predicted octanol–water partition coefficient (Wildman–Crippen LogP) is 3.04. The summed E-state index contributed by atoms with van der Waals surface area (Å²) in [6.07, 6.45) is 2.84. The summed E-state index contributed by atoms with van der Waals surface area (Å²) < 4.78 is 18.5. The van der Waals surface area contributed by atoms with Crippen LogP contribution in [-0.2, 0) is 22.7 Å². The van der Waals surface area contributed by atoms with Gasteiger partial charge in [0.25, 0.3) is 0 Å². The molecule has 1 atom stereocenters. The quantitative estimate of drug-likeness (QED) is 0.787. The summed E-state index contributed by atoms with van der Waals surface area (Å²) in [6, 6.07) is 4.87. The molecule has 1 heterocycles. The van der Waals surface area contributed by atoms with Crippen molar-refractivity contribution in [3.05, 3.63) is 35.1 Å². The van der Waals surface area contributed by atoms with Crippen molar-refractivity contribution in [3.8, 4) is 0 Å². The third kappa shape index (κ3) is 6.38. The third-order valence-electron chi connectivity index (χ3n) is 4.60. The summed E-state index contributed by atoms with van der Waals surface area (Å²) in [7, 11) is 1.54. The number of piperidine rings is 1. The molecule has 0 bridgehead atoms. The van der Waals surface area contributed by atoms with E-state index in [1.54, 1.807) is 12.1 Å². The SMILES string of the molecule is COCc1cc(CNC(=O)CC(C)C2CCNCC2)ccc1F.Cl. The van der Waals surface area contributed by atoms with Crippen LogP contribution in [0.15, 0.2) is 18.2 Å². The Morgan fingerprint density at radius 2 is 2.12 bits per heavy atom. The maximum atomic E-state index is 13.6. The zero-order valence-corrected chi connectivity index (χ0v) is 15.3. The second kappa shape index (κ2) is 10.6. The number of ether oxygens (including phenoxy) is 1.